The molecule has 0 radical (unpaired) electrons. The highest BCUT2D eigenvalue weighted by atomic mass is 16.6. The first kappa shape index (κ1) is 13.2. The Morgan fingerprint density at radius 1 is 1.32 bits per heavy atom. The predicted molar refractivity (Wildman–Crippen MR) is 66.2 cm³/mol. The number of fused-ring (bicyclic) bond motifs is 1. The molecule has 1 aliphatic rings. The van der Waals surface area contributed by atoms with E-state index in [1.165, 1.54) is 6.92 Å². The summed E-state index contributed by atoms with van der Waals surface area (Å²) in [6.07, 6.45) is -0.181. The summed E-state index contributed by atoms with van der Waals surface area (Å²) in [5.74, 6) is -0.0498. The van der Waals surface area contributed by atoms with Gasteiger partial charge >= 0.3 is 5.97 Å². The second kappa shape index (κ2) is 5.60. The smallest absolute Gasteiger partial charge is 0.305 e. The van der Waals surface area contributed by atoms with Gasteiger partial charge in [-0.2, -0.15) is 0 Å². The number of carbonyl (C=O) groups is 2. The van der Waals surface area contributed by atoms with Crippen molar-refractivity contribution in [2.24, 2.45) is 0 Å². The summed E-state index contributed by atoms with van der Waals surface area (Å²) in [5, 5.41) is 11.5. The minimum Gasteiger partial charge on any atom is -0.486 e. The van der Waals surface area contributed by atoms with Gasteiger partial charge in [-0.15, -0.1) is 0 Å². The highest BCUT2D eigenvalue weighted by molar-refractivity contribution is 5.75. The molecule has 6 heteroatoms. The van der Waals surface area contributed by atoms with E-state index in [0.717, 1.165) is 0 Å². The SMILES string of the molecule is CC(=O)N[C@H](CC(=O)O)c1ccc2c(c1)OCCO2. The van der Waals surface area contributed by atoms with E-state index in [2.05, 4.69) is 5.32 Å². The lowest BCUT2D eigenvalue weighted by atomic mass is 10.0. The summed E-state index contributed by atoms with van der Waals surface area (Å²) in [6.45, 7) is 2.31. The highest BCUT2D eigenvalue weighted by Crippen LogP contribution is 2.33. The molecule has 0 fully saturated rings. The lowest BCUT2D eigenvalue weighted by Gasteiger charge is -2.21. The summed E-state index contributed by atoms with van der Waals surface area (Å²) < 4.78 is 10.8. The molecule has 0 saturated carbocycles. The third kappa shape index (κ3) is 3.37. The lowest BCUT2D eigenvalue weighted by Crippen LogP contribution is -2.28. The molecule has 1 atom stereocenters. The number of carboxylic acids is 1. The zero-order valence-corrected chi connectivity index (χ0v) is 10.5. The molecule has 0 unspecified atom stereocenters. The molecular formula is C13H15NO5. The van der Waals surface area contributed by atoms with Crippen LogP contribution in [-0.4, -0.2) is 30.2 Å². The number of hydrogen-bond donors (Lipinski definition) is 2. The molecule has 2 rings (SSSR count). The van der Waals surface area contributed by atoms with Gasteiger partial charge in [-0.1, -0.05) is 6.07 Å². The van der Waals surface area contributed by atoms with Crippen molar-refractivity contribution < 1.29 is 24.2 Å². The van der Waals surface area contributed by atoms with Crippen LogP contribution in [0.4, 0.5) is 0 Å². The van der Waals surface area contributed by atoms with Crippen molar-refractivity contribution >= 4 is 11.9 Å². The van der Waals surface area contributed by atoms with Crippen LogP contribution in [0.15, 0.2) is 18.2 Å². The molecule has 0 aromatic heterocycles. The van der Waals surface area contributed by atoms with Crippen LogP contribution in [0.3, 0.4) is 0 Å². The summed E-state index contributed by atoms with van der Waals surface area (Å²) >= 11 is 0. The lowest BCUT2D eigenvalue weighted by molar-refractivity contribution is -0.137. The Morgan fingerprint density at radius 2 is 2.00 bits per heavy atom. The Kier molecular flexibility index (Phi) is 3.89. The van der Waals surface area contributed by atoms with Crippen LogP contribution in [0.1, 0.15) is 24.9 Å². The summed E-state index contributed by atoms with van der Waals surface area (Å²) in [6, 6.07) is 4.58. The number of ether oxygens (including phenoxy) is 2. The fourth-order valence-electron chi connectivity index (χ4n) is 1.95. The van der Waals surface area contributed by atoms with Crippen LogP contribution < -0.4 is 14.8 Å². The van der Waals surface area contributed by atoms with Crippen molar-refractivity contribution in [3.05, 3.63) is 23.8 Å². The molecule has 0 bridgehead atoms. The molecule has 1 aliphatic heterocycles. The second-order valence-electron chi connectivity index (χ2n) is 4.25. The normalized spacial score (nSPS) is 14.6. The van der Waals surface area contributed by atoms with Crippen molar-refractivity contribution in [3.63, 3.8) is 0 Å². The third-order valence-electron chi connectivity index (χ3n) is 2.72. The first-order valence-electron chi connectivity index (χ1n) is 5.94. The van der Waals surface area contributed by atoms with E-state index in [9.17, 15) is 9.59 Å². The molecular weight excluding hydrogens is 250 g/mol. The minimum absolute atomic E-state index is 0.181. The third-order valence-corrected chi connectivity index (χ3v) is 2.72. The number of carbonyl (C=O) groups excluding carboxylic acids is 1. The number of nitrogens with one attached hydrogen (secondary N) is 1. The number of carboxylic acid groups (broad SMARTS) is 1. The molecule has 1 heterocycles. The second-order valence-corrected chi connectivity index (χ2v) is 4.25. The fourth-order valence-corrected chi connectivity index (χ4v) is 1.95. The number of aliphatic carboxylic acids is 1. The van der Waals surface area contributed by atoms with E-state index in [1.54, 1.807) is 18.2 Å². The van der Waals surface area contributed by atoms with E-state index in [1.807, 2.05) is 0 Å². The van der Waals surface area contributed by atoms with Crippen LogP contribution in [0.5, 0.6) is 11.5 Å². The maximum Gasteiger partial charge on any atom is 0.305 e. The van der Waals surface area contributed by atoms with Gasteiger partial charge in [0, 0.05) is 6.92 Å². The molecule has 1 aromatic rings. The quantitative estimate of drug-likeness (QED) is 0.851. The maximum atomic E-state index is 11.1. The average Bonchev–Trinajstić information content (AvgIpc) is 2.36. The zero-order chi connectivity index (χ0) is 13.8. The van der Waals surface area contributed by atoms with Gasteiger partial charge in [0.05, 0.1) is 12.5 Å². The topological polar surface area (TPSA) is 84.9 Å². The van der Waals surface area contributed by atoms with Crippen molar-refractivity contribution in [3.8, 4) is 11.5 Å². The first-order chi connectivity index (χ1) is 9.06. The van der Waals surface area contributed by atoms with Crippen molar-refractivity contribution in [1.29, 1.82) is 0 Å². The molecule has 0 saturated heterocycles. The molecule has 19 heavy (non-hydrogen) atoms. The molecule has 1 amide bonds. The van der Waals surface area contributed by atoms with Gasteiger partial charge in [-0.25, -0.2) is 0 Å². The van der Waals surface area contributed by atoms with Gasteiger partial charge in [0.1, 0.15) is 13.2 Å². The molecule has 2 N–H and O–H groups in total. The average molecular weight is 265 g/mol. The largest absolute Gasteiger partial charge is 0.486 e. The Bertz CT molecular complexity index is 484. The summed E-state index contributed by atoms with van der Waals surface area (Å²) in [4.78, 5) is 22.0. The predicted octanol–water partition coefficient (Wildman–Crippen LogP) is 1.11. The van der Waals surface area contributed by atoms with Gasteiger partial charge in [0.15, 0.2) is 11.5 Å². The van der Waals surface area contributed by atoms with Gasteiger partial charge in [-0.3, -0.25) is 9.59 Å². The van der Waals surface area contributed by atoms with Crippen LogP contribution in [0, 0.1) is 0 Å². The molecule has 102 valence electrons. The monoisotopic (exact) mass is 265 g/mol. The molecule has 0 aliphatic carbocycles. The first-order valence-corrected chi connectivity index (χ1v) is 5.94. The van der Waals surface area contributed by atoms with Crippen LogP contribution >= 0.6 is 0 Å². The van der Waals surface area contributed by atoms with Gasteiger partial charge in [0.25, 0.3) is 0 Å². The van der Waals surface area contributed by atoms with Crippen molar-refractivity contribution in [1.82, 2.24) is 5.32 Å². The van der Waals surface area contributed by atoms with E-state index in [0.29, 0.717) is 30.3 Å². The Morgan fingerprint density at radius 3 is 2.63 bits per heavy atom. The molecule has 6 nitrogen and oxygen atoms in total. The van der Waals surface area contributed by atoms with Crippen LogP contribution in [-0.2, 0) is 9.59 Å². The van der Waals surface area contributed by atoms with E-state index < -0.39 is 12.0 Å². The summed E-state index contributed by atoms with van der Waals surface area (Å²) in [5.41, 5.74) is 0.682. The minimum atomic E-state index is -0.978. The Hall–Kier alpha value is -2.24. The van der Waals surface area contributed by atoms with Gasteiger partial charge in [-0.05, 0) is 17.7 Å². The van der Waals surface area contributed by atoms with Gasteiger partial charge in [0.2, 0.25) is 5.91 Å². The van der Waals surface area contributed by atoms with Crippen molar-refractivity contribution in [2.75, 3.05) is 13.2 Å². The summed E-state index contributed by atoms with van der Waals surface area (Å²) in [7, 11) is 0. The van der Waals surface area contributed by atoms with E-state index in [-0.39, 0.29) is 12.3 Å². The van der Waals surface area contributed by atoms with Gasteiger partial charge < -0.3 is 19.9 Å². The zero-order valence-electron chi connectivity index (χ0n) is 10.5. The number of rotatable bonds is 4. The van der Waals surface area contributed by atoms with E-state index >= 15 is 0 Å². The number of hydrogen-bond acceptors (Lipinski definition) is 4. The highest BCUT2D eigenvalue weighted by Gasteiger charge is 2.20. The van der Waals surface area contributed by atoms with E-state index in [4.69, 9.17) is 14.6 Å². The molecule has 0 spiro atoms. The number of benzene rings is 1. The van der Waals surface area contributed by atoms with Crippen molar-refractivity contribution in [2.45, 2.75) is 19.4 Å². The Labute approximate surface area is 110 Å². The standard InChI is InChI=1S/C13H15NO5/c1-8(15)14-10(7-13(16)17)9-2-3-11-12(6-9)19-5-4-18-11/h2-3,6,10H,4-5,7H2,1H3,(H,14,15)(H,16,17)/t10-/m1/s1. The maximum absolute atomic E-state index is 11.1. The fraction of sp³-hybridized carbons (Fsp3) is 0.385. The number of amides is 1. The molecule has 1 aromatic carbocycles. The van der Waals surface area contributed by atoms with Crippen LogP contribution in [0.2, 0.25) is 0 Å². The van der Waals surface area contributed by atoms with Crippen LogP contribution in [0.25, 0.3) is 0 Å². The Balaban J connectivity index is 2.25.